The molecule has 2 aliphatic rings. The van der Waals surface area contributed by atoms with Crippen molar-refractivity contribution in [3.05, 3.63) is 41.3 Å². The van der Waals surface area contributed by atoms with Crippen molar-refractivity contribution in [2.24, 2.45) is 11.7 Å². The topological polar surface area (TPSA) is 87.9 Å². The third kappa shape index (κ3) is 3.20. The van der Waals surface area contributed by atoms with Crippen molar-refractivity contribution < 1.29 is 9.18 Å². The highest BCUT2D eigenvalue weighted by Gasteiger charge is 2.30. The first-order valence-corrected chi connectivity index (χ1v) is 8.88. The lowest BCUT2D eigenvalue weighted by molar-refractivity contribution is 0.0778. The van der Waals surface area contributed by atoms with Crippen LogP contribution in [0.1, 0.15) is 35.3 Å². The molecule has 1 aromatic carbocycles. The van der Waals surface area contributed by atoms with E-state index in [0.29, 0.717) is 42.5 Å². The van der Waals surface area contributed by atoms with E-state index in [9.17, 15) is 9.18 Å². The van der Waals surface area contributed by atoms with Gasteiger partial charge in [0.25, 0.3) is 5.91 Å². The number of hydrogen-bond donors (Lipinski definition) is 1. The average molecular weight is 353 g/mol. The third-order valence-corrected chi connectivity index (χ3v) is 5.02. The third-order valence-electron chi connectivity index (χ3n) is 5.02. The molecule has 1 aliphatic carbocycles. The number of nitrogens with two attached hydrogens (primary N) is 1. The Bertz CT molecular complexity index is 896. The Morgan fingerprint density at radius 1 is 1.35 bits per heavy atom. The molecule has 0 unspecified atom stereocenters. The minimum absolute atomic E-state index is 0.00600. The molecule has 26 heavy (non-hydrogen) atoms. The van der Waals surface area contributed by atoms with Crippen molar-refractivity contribution in [2.45, 2.75) is 31.8 Å². The van der Waals surface area contributed by atoms with Crippen LogP contribution >= 0.6 is 0 Å². The number of carbonyl (C=O) groups is 1. The highest BCUT2D eigenvalue weighted by molar-refractivity contribution is 5.94. The second-order valence-corrected chi connectivity index (χ2v) is 7.15. The first kappa shape index (κ1) is 16.7. The number of likely N-dealkylation sites (tertiary alicyclic amines) is 1. The second-order valence-electron chi connectivity index (χ2n) is 7.15. The van der Waals surface area contributed by atoms with Crippen molar-refractivity contribution in [2.75, 3.05) is 13.1 Å². The number of carbonyl (C=O) groups excluding carboxylic acids is 1. The zero-order chi connectivity index (χ0) is 18.3. The Morgan fingerprint density at radius 3 is 2.77 bits per heavy atom. The summed E-state index contributed by atoms with van der Waals surface area (Å²) in [6, 6.07) is 7.94. The molecule has 0 radical (unpaired) electrons. The number of hydrogen-bond acceptors (Lipinski definition) is 4. The predicted octanol–water partition coefficient (Wildman–Crippen LogP) is 2.14. The number of rotatable bonds is 4. The van der Waals surface area contributed by atoms with Gasteiger partial charge in [-0.05, 0) is 43.4 Å². The van der Waals surface area contributed by atoms with Gasteiger partial charge in [-0.2, -0.15) is 10.4 Å². The number of amides is 1. The van der Waals surface area contributed by atoms with Crippen LogP contribution in [0.15, 0.2) is 24.3 Å². The zero-order valence-corrected chi connectivity index (χ0v) is 14.4. The molecule has 2 fully saturated rings. The smallest absolute Gasteiger partial charge is 0.272 e. The fourth-order valence-corrected chi connectivity index (χ4v) is 3.31. The number of nitrogens with zero attached hydrogens (tertiary/aromatic N) is 4. The van der Waals surface area contributed by atoms with Crippen LogP contribution in [0.4, 0.5) is 4.39 Å². The van der Waals surface area contributed by atoms with Crippen molar-refractivity contribution in [1.29, 1.82) is 5.26 Å². The van der Waals surface area contributed by atoms with Gasteiger partial charge in [0.2, 0.25) is 0 Å². The highest BCUT2D eigenvalue weighted by Crippen LogP contribution is 2.32. The molecule has 1 saturated heterocycles. The Labute approximate surface area is 151 Å². The molecular formula is C19H20FN5O. The monoisotopic (exact) mass is 353 g/mol. The quantitative estimate of drug-likeness (QED) is 0.912. The van der Waals surface area contributed by atoms with E-state index in [2.05, 4.69) is 5.10 Å². The van der Waals surface area contributed by atoms with Crippen LogP contribution in [0.3, 0.4) is 0 Å². The zero-order valence-electron chi connectivity index (χ0n) is 14.4. The van der Waals surface area contributed by atoms with Crippen molar-refractivity contribution in [1.82, 2.24) is 14.7 Å². The van der Waals surface area contributed by atoms with Gasteiger partial charge < -0.3 is 10.6 Å². The fourth-order valence-electron chi connectivity index (χ4n) is 3.31. The predicted molar refractivity (Wildman–Crippen MR) is 93.6 cm³/mol. The minimum atomic E-state index is -0.583. The largest absolute Gasteiger partial charge is 0.336 e. The average Bonchev–Trinajstić information content (AvgIpc) is 3.17. The van der Waals surface area contributed by atoms with E-state index in [0.717, 1.165) is 19.3 Å². The molecule has 2 heterocycles. The van der Waals surface area contributed by atoms with Crippen LogP contribution in [0, 0.1) is 23.1 Å². The number of benzene rings is 1. The SMILES string of the molecule is N#Cc1ccc(-c2cc(C(=O)N3CC[C@@H](N)C3)n(CC3CC3)n2)cc1F. The molecular weight excluding hydrogens is 333 g/mol. The Balaban J connectivity index is 1.68. The van der Waals surface area contributed by atoms with E-state index in [1.54, 1.807) is 21.7 Å². The van der Waals surface area contributed by atoms with E-state index in [-0.39, 0.29) is 17.5 Å². The van der Waals surface area contributed by atoms with Crippen LogP contribution in [0.5, 0.6) is 0 Å². The lowest BCUT2D eigenvalue weighted by Gasteiger charge is -2.16. The van der Waals surface area contributed by atoms with Crippen LogP contribution in [0.2, 0.25) is 0 Å². The van der Waals surface area contributed by atoms with Gasteiger partial charge in [0.05, 0.1) is 11.3 Å². The van der Waals surface area contributed by atoms with Gasteiger partial charge in [-0.15, -0.1) is 0 Å². The molecule has 0 spiro atoms. The van der Waals surface area contributed by atoms with Gasteiger partial charge in [-0.3, -0.25) is 9.48 Å². The van der Waals surface area contributed by atoms with Crippen LogP contribution in [0.25, 0.3) is 11.3 Å². The van der Waals surface area contributed by atoms with Crippen molar-refractivity contribution >= 4 is 5.91 Å². The molecule has 1 atom stereocenters. The van der Waals surface area contributed by atoms with Gasteiger partial charge in [0.1, 0.15) is 17.6 Å². The summed E-state index contributed by atoms with van der Waals surface area (Å²) in [5, 5.41) is 13.4. The maximum Gasteiger partial charge on any atom is 0.272 e. The van der Waals surface area contributed by atoms with Gasteiger partial charge in [0.15, 0.2) is 0 Å². The second kappa shape index (κ2) is 6.54. The maximum absolute atomic E-state index is 14.0. The summed E-state index contributed by atoms with van der Waals surface area (Å²) in [6.45, 7) is 1.89. The van der Waals surface area contributed by atoms with E-state index in [1.807, 2.05) is 6.07 Å². The summed E-state index contributed by atoms with van der Waals surface area (Å²) in [4.78, 5) is 14.7. The summed E-state index contributed by atoms with van der Waals surface area (Å²) in [5.41, 5.74) is 7.54. The number of halogens is 1. The maximum atomic E-state index is 14.0. The van der Waals surface area contributed by atoms with Crippen LogP contribution < -0.4 is 5.73 Å². The molecule has 0 bridgehead atoms. The molecule has 2 N–H and O–H groups in total. The van der Waals surface area contributed by atoms with Crippen molar-refractivity contribution in [3.63, 3.8) is 0 Å². The standard InChI is InChI=1S/C19H20FN5O/c20-16-7-13(3-4-14(16)9-21)17-8-18(25(23-17)10-12-1-2-12)19(26)24-6-5-15(22)11-24/h3-4,7-8,12,15H,1-2,5-6,10-11,22H2/t15-/m1/s1. The number of nitriles is 1. The summed E-state index contributed by atoms with van der Waals surface area (Å²) >= 11 is 0. The first-order chi connectivity index (χ1) is 12.5. The molecule has 134 valence electrons. The molecule has 1 amide bonds. The number of aromatic nitrogens is 2. The van der Waals surface area contributed by atoms with E-state index < -0.39 is 5.82 Å². The van der Waals surface area contributed by atoms with E-state index in [4.69, 9.17) is 11.0 Å². The lowest BCUT2D eigenvalue weighted by atomic mass is 10.1. The van der Waals surface area contributed by atoms with Gasteiger partial charge in [0, 0.05) is 31.2 Å². The van der Waals surface area contributed by atoms with Crippen LogP contribution in [-0.4, -0.2) is 39.7 Å². The van der Waals surface area contributed by atoms with Crippen molar-refractivity contribution in [3.8, 4) is 17.3 Å². The molecule has 7 heteroatoms. The summed E-state index contributed by atoms with van der Waals surface area (Å²) in [7, 11) is 0. The summed E-state index contributed by atoms with van der Waals surface area (Å²) in [6.07, 6.45) is 3.09. The summed E-state index contributed by atoms with van der Waals surface area (Å²) in [5.74, 6) is -0.112. The van der Waals surface area contributed by atoms with Gasteiger partial charge in [-0.25, -0.2) is 4.39 Å². The molecule has 1 aliphatic heterocycles. The molecule has 1 saturated carbocycles. The summed E-state index contributed by atoms with van der Waals surface area (Å²) < 4.78 is 15.7. The van der Waals surface area contributed by atoms with Crippen LogP contribution in [-0.2, 0) is 6.54 Å². The Kier molecular flexibility index (Phi) is 4.21. The van der Waals surface area contributed by atoms with E-state index in [1.165, 1.54) is 12.1 Å². The molecule has 4 rings (SSSR count). The normalized spacial score (nSPS) is 19.6. The molecule has 2 aromatic rings. The Morgan fingerprint density at radius 2 is 2.15 bits per heavy atom. The Hall–Kier alpha value is -2.72. The fraction of sp³-hybridized carbons (Fsp3) is 0.421. The highest BCUT2D eigenvalue weighted by atomic mass is 19.1. The van der Waals surface area contributed by atoms with E-state index >= 15 is 0 Å². The lowest BCUT2D eigenvalue weighted by Crippen LogP contribution is -2.33. The molecule has 6 nitrogen and oxygen atoms in total. The minimum Gasteiger partial charge on any atom is -0.336 e. The van der Waals surface area contributed by atoms with Gasteiger partial charge in [-0.1, -0.05) is 6.07 Å². The molecule has 1 aromatic heterocycles. The first-order valence-electron chi connectivity index (χ1n) is 8.88. The van der Waals surface area contributed by atoms with Gasteiger partial charge >= 0.3 is 0 Å².